The van der Waals surface area contributed by atoms with Gasteiger partial charge in [-0.15, -0.1) is 0 Å². The summed E-state index contributed by atoms with van der Waals surface area (Å²) in [7, 11) is 1.50. The number of halogens is 1. The van der Waals surface area contributed by atoms with E-state index < -0.39 is 5.82 Å². The fourth-order valence-corrected chi connectivity index (χ4v) is 1.54. The summed E-state index contributed by atoms with van der Waals surface area (Å²) in [6.07, 6.45) is 1.50. The number of carbonyl (C=O) groups is 1. The molecule has 0 radical (unpaired) electrons. The highest BCUT2D eigenvalue weighted by molar-refractivity contribution is 5.91. The van der Waals surface area contributed by atoms with E-state index in [2.05, 4.69) is 10.4 Å². The van der Waals surface area contributed by atoms with Gasteiger partial charge < -0.3 is 10.4 Å². The van der Waals surface area contributed by atoms with Crippen molar-refractivity contribution in [3.05, 3.63) is 47.5 Å². The molecule has 2 N–H and O–H groups in total. The molecule has 2 aromatic rings. The zero-order chi connectivity index (χ0) is 13.1. The van der Waals surface area contributed by atoms with Crippen molar-refractivity contribution in [1.29, 1.82) is 0 Å². The number of aromatic nitrogens is 2. The number of nitrogens with one attached hydrogen (secondary N) is 1. The fraction of sp³-hybridized carbons (Fsp3) is 0.167. The first-order valence-electron chi connectivity index (χ1n) is 5.33. The molecule has 0 saturated carbocycles. The number of rotatable bonds is 3. The predicted molar refractivity (Wildman–Crippen MR) is 62.8 cm³/mol. The lowest BCUT2D eigenvalue weighted by molar-refractivity contribution is 0.0957. The Morgan fingerprint density at radius 2 is 2.28 bits per heavy atom. The summed E-state index contributed by atoms with van der Waals surface area (Å²) >= 11 is 0. The van der Waals surface area contributed by atoms with Crippen molar-refractivity contribution in [2.24, 2.45) is 0 Å². The third-order valence-electron chi connectivity index (χ3n) is 2.49. The van der Waals surface area contributed by atoms with E-state index in [1.165, 1.54) is 36.1 Å². The van der Waals surface area contributed by atoms with Crippen molar-refractivity contribution in [1.82, 2.24) is 15.1 Å². The predicted octanol–water partition coefficient (Wildman–Crippen LogP) is 0.863. The molecule has 0 saturated heterocycles. The zero-order valence-electron chi connectivity index (χ0n) is 9.72. The van der Waals surface area contributed by atoms with Gasteiger partial charge in [0.05, 0.1) is 6.61 Å². The molecule has 1 aromatic heterocycles. The topological polar surface area (TPSA) is 67.2 Å². The Morgan fingerprint density at radius 1 is 1.50 bits per heavy atom. The Kier molecular flexibility index (Phi) is 3.38. The van der Waals surface area contributed by atoms with Crippen molar-refractivity contribution >= 4 is 5.91 Å². The Bertz CT molecular complexity index is 580. The molecule has 5 nitrogen and oxygen atoms in total. The Labute approximate surface area is 103 Å². The average Bonchev–Trinajstić information content (AvgIpc) is 2.87. The smallest absolute Gasteiger partial charge is 0.271 e. The Morgan fingerprint density at radius 3 is 2.89 bits per heavy atom. The highest BCUT2D eigenvalue weighted by atomic mass is 19.1. The molecule has 0 aliphatic heterocycles. The van der Waals surface area contributed by atoms with E-state index in [0.29, 0.717) is 5.56 Å². The summed E-state index contributed by atoms with van der Waals surface area (Å²) < 4.78 is 15.0. The van der Waals surface area contributed by atoms with Crippen LogP contribution in [0.2, 0.25) is 0 Å². The van der Waals surface area contributed by atoms with E-state index in [1.54, 1.807) is 6.07 Å². The summed E-state index contributed by atoms with van der Waals surface area (Å²) in [4.78, 5) is 11.3. The SMILES string of the molecule is CNC(=O)c1ccn(-c2ccc(CO)cc2F)n1. The van der Waals surface area contributed by atoms with Gasteiger partial charge in [0.2, 0.25) is 0 Å². The molecule has 0 unspecified atom stereocenters. The molecule has 6 heteroatoms. The Hall–Kier alpha value is -2.21. The van der Waals surface area contributed by atoms with Crippen molar-refractivity contribution in [3.8, 4) is 5.69 Å². The first kappa shape index (κ1) is 12.3. The van der Waals surface area contributed by atoms with Gasteiger partial charge in [-0.25, -0.2) is 9.07 Å². The van der Waals surface area contributed by atoms with Crippen molar-refractivity contribution < 1.29 is 14.3 Å². The van der Waals surface area contributed by atoms with Gasteiger partial charge in [0.25, 0.3) is 5.91 Å². The van der Waals surface area contributed by atoms with E-state index in [9.17, 15) is 9.18 Å². The molecule has 0 fully saturated rings. The first-order chi connectivity index (χ1) is 8.65. The molecular weight excluding hydrogens is 237 g/mol. The molecule has 0 bridgehead atoms. The average molecular weight is 249 g/mol. The summed E-state index contributed by atoms with van der Waals surface area (Å²) in [6.45, 7) is -0.222. The third-order valence-corrected chi connectivity index (χ3v) is 2.49. The molecule has 1 heterocycles. The monoisotopic (exact) mass is 249 g/mol. The van der Waals surface area contributed by atoms with Crippen molar-refractivity contribution in [2.45, 2.75) is 6.61 Å². The summed E-state index contributed by atoms with van der Waals surface area (Å²) in [6, 6.07) is 5.83. The van der Waals surface area contributed by atoms with Crippen LogP contribution in [0.1, 0.15) is 16.1 Å². The van der Waals surface area contributed by atoms with Gasteiger partial charge in [0.15, 0.2) is 5.69 Å². The molecule has 0 aliphatic carbocycles. The molecule has 1 amide bonds. The normalized spacial score (nSPS) is 10.4. The van der Waals surface area contributed by atoms with Crippen LogP contribution in [0.3, 0.4) is 0 Å². The molecule has 0 spiro atoms. The third kappa shape index (κ3) is 2.23. The highest BCUT2D eigenvalue weighted by Gasteiger charge is 2.10. The number of nitrogens with zero attached hydrogens (tertiary/aromatic N) is 2. The second kappa shape index (κ2) is 4.97. The number of aliphatic hydroxyl groups is 1. The minimum absolute atomic E-state index is 0.211. The maximum atomic E-state index is 13.7. The summed E-state index contributed by atoms with van der Waals surface area (Å²) in [5.74, 6) is -0.839. The molecule has 0 aliphatic rings. The number of amides is 1. The summed E-state index contributed by atoms with van der Waals surface area (Å²) in [5, 5.41) is 15.3. The zero-order valence-corrected chi connectivity index (χ0v) is 9.72. The lowest BCUT2D eigenvalue weighted by atomic mass is 10.2. The maximum Gasteiger partial charge on any atom is 0.271 e. The van der Waals surface area contributed by atoms with E-state index in [0.717, 1.165) is 0 Å². The van der Waals surface area contributed by atoms with Crippen LogP contribution in [0.5, 0.6) is 0 Å². The quantitative estimate of drug-likeness (QED) is 0.848. The number of benzene rings is 1. The van der Waals surface area contributed by atoms with Gasteiger partial charge in [-0.05, 0) is 23.8 Å². The first-order valence-corrected chi connectivity index (χ1v) is 5.33. The highest BCUT2D eigenvalue weighted by Crippen LogP contribution is 2.15. The Balaban J connectivity index is 2.37. The standard InChI is InChI=1S/C12H12FN3O2/c1-14-12(18)10-4-5-16(15-10)11-3-2-8(7-17)6-9(11)13/h2-6,17H,7H2,1H3,(H,14,18). The van der Waals surface area contributed by atoms with Crippen LogP contribution in [0.15, 0.2) is 30.5 Å². The van der Waals surface area contributed by atoms with Crippen LogP contribution in [0.25, 0.3) is 5.69 Å². The molecule has 0 atom stereocenters. The fourth-order valence-electron chi connectivity index (χ4n) is 1.54. The largest absolute Gasteiger partial charge is 0.392 e. The minimum atomic E-state index is -0.506. The van der Waals surface area contributed by atoms with Crippen LogP contribution in [-0.4, -0.2) is 27.8 Å². The molecular formula is C12H12FN3O2. The van der Waals surface area contributed by atoms with Crippen LogP contribution in [0, 0.1) is 5.82 Å². The van der Waals surface area contributed by atoms with Gasteiger partial charge in [0.1, 0.15) is 11.5 Å². The lowest BCUT2D eigenvalue weighted by Crippen LogP contribution is -2.18. The number of aliphatic hydroxyl groups excluding tert-OH is 1. The van der Waals surface area contributed by atoms with Crippen LogP contribution >= 0.6 is 0 Å². The van der Waals surface area contributed by atoms with Gasteiger partial charge in [-0.1, -0.05) is 6.07 Å². The van der Waals surface area contributed by atoms with Gasteiger partial charge in [0, 0.05) is 13.2 Å². The van der Waals surface area contributed by atoms with Crippen LogP contribution < -0.4 is 5.32 Å². The van der Waals surface area contributed by atoms with Gasteiger partial charge >= 0.3 is 0 Å². The van der Waals surface area contributed by atoms with Crippen LogP contribution in [-0.2, 0) is 6.61 Å². The number of hydrogen-bond donors (Lipinski definition) is 2. The molecule has 1 aromatic carbocycles. The van der Waals surface area contributed by atoms with Gasteiger partial charge in [-0.3, -0.25) is 4.79 Å². The molecule has 2 rings (SSSR count). The second-order valence-corrected chi connectivity index (χ2v) is 3.67. The van der Waals surface area contributed by atoms with E-state index >= 15 is 0 Å². The lowest BCUT2D eigenvalue weighted by Gasteiger charge is -2.04. The molecule has 94 valence electrons. The van der Waals surface area contributed by atoms with Crippen molar-refractivity contribution in [2.75, 3.05) is 7.05 Å². The van der Waals surface area contributed by atoms with E-state index in [-0.39, 0.29) is 23.9 Å². The number of carbonyl (C=O) groups excluding carboxylic acids is 1. The molecule has 18 heavy (non-hydrogen) atoms. The van der Waals surface area contributed by atoms with Gasteiger partial charge in [-0.2, -0.15) is 5.10 Å². The van der Waals surface area contributed by atoms with E-state index in [4.69, 9.17) is 5.11 Å². The number of hydrogen-bond acceptors (Lipinski definition) is 3. The maximum absolute atomic E-state index is 13.7. The van der Waals surface area contributed by atoms with Crippen LogP contribution in [0.4, 0.5) is 4.39 Å². The van der Waals surface area contributed by atoms with Crippen molar-refractivity contribution in [3.63, 3.8) is 0 Å². The second-order valence-electron chi connectivity index (χ2n) is 3.67. The van der Waals surface area contributed by atoms with E-state index in [1.807, 2.05) is 0 Å². The minimum Gasteiger partial charge on any atom is -0.392 e. The summed E-state index contributed by atoms with van der Waals surface area (Å²) in [5.41, 5.74) is 0.917.